The van der Waals surface area contributed by atoms with Crippen molar-refractivity contribution in [3.05, 3.63) is 35.5 Å². The van der Waals surface area contributed by atoms with Gasteiger partial charge in [-0.2, -0.15) is 0 Å². The predicted octanol–water partition coefficient (Wildman–Crippen LogP) is 2.28. The van der Waals surface area contributed by atoms with E-state index in [9.17, 15) is 13.2 Å². The first-order chi connectivity index (χ1) is 14.6. The van der Waals surface area contributed by atoms with Gasteiger partial charge in [-0.05, 0) is 45.0 Å². The Morgan fingerprint density at radius 2 is 1.94 bits per heavy atom. The number of carbonyl (C=O) groups is 1. The molecule has 0 radical (unpaired) electrons. The number of fused-ring (bicyclic) bond motifs is 1. The largest absolute Gasteiger partial charge is 0.377 e. The number of nitrogens with zero attached hydrogens (tertiary/aromatic N) is 3. The van der Waals surface area contributed by atoms with Crippen molar-refractivity contribution in [2.75, 3.05) is 37.0 Å². The molecule has 4 rings (SSSR count). The van der Waals surface area contributed by atoms with Crippen LogP contribution in [0.25, 0.3) is 11.4 Å². The third kappa shape index (κ3) is 3.74. The summed E-state index contributed by atoms with van der Waals surface area (Å²) in [4.78, 5) is 23.2. The minimum absolute atomic E-state index is 0.0655. The van der Waals surface area contributed by atoms with Crippen molar-refractivity contribution >= 4 is 27.4 Å². The predicted molar refractivity (Wildman–Crippen MR) is 119 cm³/mol. The molecule has 2 N–H and O–H groups in total. The molecule has 0 spiro atoms. The van der Waals surface area contributed by atoms with E-state index in [2.05, 4.69) is 15.5 Å². The summed E-state index contributed by atoms with van der Waals surface area (Å²) in [7, 11) is -1.85. The Morgan fingerprint density at radius 3 is 2.58 bits per heavy atom. The summed E-state index contributed by atoms with van der Waals surface area (Å²) in [5, 5.41) is 5.22. The molecule has 2 amide bonds. The normalized spacial score (nSPS) is 21.4. The maximum absolute atomic E-state index is 12.9. The first kappa shape index (κ1) is 21.5. The molecule has 0 saturated carbocycles. The van der Waals surface area contributed by atoms with Crippen molar-refractivity contribution in [1.82, 2.24) is 15.3 Å². The van der Waals surface area contributed by atoms with Crippen molar-refractivity contribution in [3.8, 4) is 11.4 Å². The van der Waals surface area contributed by atoms with E-state index < -0.39 is 14.6 Å². The van der Waals surface area contributed by atoms with Gasteiger partial charge in [-0.25, -0.2) is 23.2 Å². The van der Waals surface area contributed by atoms with Crippen LogP contribution in [-0.2, 0) is 25.1 Å². The van der Waals surface area contributed by atoms with E-state index in [4.69, 9.17) is 14.7 Å². The van der Waals surface area contributed by atoms with Crippen molar-refractivity contribution < 1.29 is 17.9 Å². The summed E-state index contributed by atoms with van der Waals surface area (Å²) in [6, 6.07) is 6.93. The van der Waals surface area contributed by atoms with Gasteiger partial charge in [-0.15, -0.1) is 0 Å². The number of ether oxygens (including phenoxy) is 1. The minimum Gasteiger partial charge on any atom is -0.377 e. The molecular formula is C21H27N5O4S. The number of amides is 2. The van der Waals surface area contributed by atoms with Crippen LogP contribution in [0, 0.1) is 0 Å². The molecular weight excluding hydrogens is 418 g/mol. The number of carbonyl (C=O) groups excluding carboxylic acids is 1. The Bertz CT molecular complexity index is 1120. The second-order valence-electron chi connectivity index (χ2n) is 8.37. The minimum atomic E-state index is -3.40. The fraction of sp³-hybridized carbons (Fsp3) is 0.476. The molecule has 1 aromatic carbocycles. The summed E-state index contributed by atoms with van der Waals surface area (Å²) in [6.45, 7) is 7.21. The van der Waals surface area contributed by atoms with E-state index in [1.165, 1.54) is 0 Å². The van der Waals surface area contributed by atoms with Crippen LogP contribution in [-0.4, -0.2) is 57.3 Å². The molecule has 3 heterocycles. The van der Waals surface area contributed by atoms with Crippen LogP contribution in [0.2, 0.25) is 0 Å². The third-order valence-electron chi connectivity index (χ3n) is 5.94. The van der Waals surface area contributed by atoms with Crippen LogP contribution in [0.1, 0.15) is 32.0 Å². The number of sulfone groups is 1. The molecule has 1 atom stereocenters. The second kappa shape index (κ2) is 7.76. The van der Waals surface area contributed by atoms with Gasteiger partial charge in [-0.1, -0.05) is 0 Å². The SMILES string of the molecule is CNC(=O)Nc1ccc(-c2nc(N3CCOCC3C)c3c(n2)C(C)(C)S(=O)(=O)C3)cc1. The number of morpholine rings is 1. The van der Waals surface area contributed by atoms with Crippen LogP contribution >= 0.6 is 0 Å². The lowest BCUT2D eigenvalue weighted by Crippen LogP contribution is -2.44. The van der Waals surface area contributed by atoms with Crippen molar-refractivity contribution in [3.63, 3.8) is 0 Å². The highest BCUT2D eigenvalue weighted by Gasteiger charge is 2.48. The lowest BCUT2D eigenvalue weighted by molar-refractivity contribution is 0.0984. The fourth-order valence-corrected chi connectivity index (χ4v) is 5.40. The number of rotatable bonds is 3. The summed E-state index contributed by atoms with van der Waals surface area (Å²) in [5.41, 5.74) is 2.61. The topological polar surface area (TPSA) is 114 Å². The summed E-state index contributed by atoms with van der Waals surface area (Å²) in [5.74, 6) is 1.06. The van der Waals surface area contributed by atoms with E-state index >= 15 is 0 Å². The maximum atomic E-state index is 12.9. The molecule has 166 valence electrons. The Balaban J connectivity index is 1.81. The number of hydrogen-bond donors (Lipinski definition) is 2. The number of urea groups is 1. The van der Waals surface area contributed by atoms with Gasteiger partial charge in [0.15, 0.2) is 15.7 Å². The number of benzene rings is 1. The van der Waals surface area contributed by atoms with Gasteiger partial charge in [-0.3, -0.25) is 0 Å². The van der Waals surface area contributed by atoms with E-state index in [-0.39, 0.29) is 17.8 Å². The lowest BCUT2D eigenvalue weighted by Gasteiger charge is -2.35. The number of nitrogens with one attached hydrogen (secondary N) is 2. The van der Waals surface area contributed by atoms with Gasteiger partial charge in [0.25, 0.3) is 0 Å². The summed E-state index contributed by atoms with van der Waals surface area (Å²) < 4.78 is 30.3. The molecule has 0 bridgehead atoms. The van der Waals surface area contributed by atoms with Gasteiger partial charge < -0.3 is 20.3 Å². The second-order valence-corrected chi connectivity index (χ2v) is 10.9. The van der Waals surface area contributed by atoms with E-state index in [1.54, 1.807) is 33.0 Å². The standard InChI is InChI=1S/C21H27N5O4S/c1-13-11-30-10-9-26(13)19-16-12-31(28,29)21(2,3)17(16)24-18(25-19)14-5-7-15(8-6-14)23-20(27)22-4/h5-8,13H,9-12H2,1-4H3,(H2,22,23,27). The number of anilines is 2. The van der Waals surface area contributed by atoms with Crippen molar-refractivity contribution in [2.45, 2.75) is 37.3 Å². The highest BCUT2D eigenvalue weighted by molar-refractivity contribution is 7.91. The highest BCUT2D eigenvalue weighted by atomic mass is 32.2. The summed E-state index contributed by atoms with van der Waals surface area (Å²) >= 11 is 0. The van der Waals surface area contributed by atoms with Crippen molar-refractivity contribution in [1.29, 1.82) is 0 Å². The highest BCUT2D eigenvalue weighted by Crippen LogP contribution is 2.44. The van der Waals surface area contributed by atoms with E-state index in [1.807, 2.05) is 19.1 Å². The monoisotopic (exact) mass is 445 g/mol. The van der Waals surface area contributed by atoms with Crippen LogP contribution in [0.4, 0.5) is 16.3 Å². The van der Waals surface area contributed by atoms with Crippen LogP contribution < -0.4 is 15.5 Å². The molecule has 2 aliphatic heterocycles. The zero-order valence-electron chi connectivity index (χ0n) is 18.1. The maximum Gasteiger partial charge on any atom is 0.318 e. The fourth-order valence-electron chi connectivity index (χ4n) is 3.93. The zero-order chi connectivity index (χ0) is 22.4. The molecule has 2 aliphatic rings. The van der Waals surface area contributed by atoms with Crippen molar-refractivity contribution in [2.24, 2.45) is 0 Å². The first-order valence-electron chi connectivity index (χ1n) is 10.2. The molecule has 1 aromatic heterocycles. The Labute approximate surface area is 182 Å². The smallest absolute Gasteiger partial charge is 0.318 e. The van der Waals surface area contributed by atoms with Crippen LogP contribution in [0.5, 0.6) is 0 Å². The molecule has 1 saturated heterocycles. The molecule has 2 aromatic rings. The first-order valence-corrected chi connectivity index (χ1v) is 11.9. The molecule has 1 fully saturated rings. The average Bonchev–Trinajstić information content (AvgIpc) is 2.92. The van der Waals surface area contributed by atoms with Gasteiger partial charge in [0.1, 0.15) is 10.6 Å². The Kier molecular flexibility index (Phi) is 5.38. The quantitative estimate of drug-likeness (QED) is 0.745. The molecule has 31 heavy (non-hydrogen) atoms. The van der Waals surface area contributed by atoms with E-state index in [0.717, 1.165) is 5.56 Å². The van der Waals surface area contributed by atoms with Gasteiger partial charge >= 0.3 is 6.03 Å². The molecule has 0 aliphatic carbocycles. The Morgan fingerprint density at radius 1 is 1.23 bits per heavy atom. The Hall–Kier alpha value is -2.72. The van der Waals surface area contributed by atoms with Gasteiger partial charge in [0.2, 0.25) is 0 Å². The molecule has 1 unspecified atom stereocenters. The number of hydrogen-bond acceptors (Lipinski definition) is 7. The zero-order valence-corrected chi connectivity index (χ0v) is 18.9. The number of aromatic nitrogens is 2. The van der Waals surface area contributed by atoms with Crippen LogP contribution in [0.3, 0.4) is 0 Å². The molecule has 10 heteroatoms. The third-order valence-corrected chi connectivity index (χ3v) is 8.35. The summed E-state index contributed by atoms with van der Waals surface area (Å²) in [6.07, 6.45) is 0. The van der Waals surface area contributed by atoms with Gasteiger partial charge in [0, 0.05) is 30.4 Å². The average molecular weight is 446 g/mol. The lowest BCUT2D eigenvalue weighted by atomic mass is 10.0. The van der Waals surface area contributed by atoms with Gasteiger partial charge in [0.05, 0.1) is 30.7 Å². The molecule has 9 nitrogen and oxygen atoms in total. The van der Waals surface area contributed by atoms with E-state index in [0.29, 0.717) is 48.3 Å². The van der Waals surface area contributed by atoms with Crippen LogP contribution in [0.15, 0.2) is 24.3 Å².